The zero-order valence-corrected chi connectivity index (χ0v) is 18.7. The molecule has 4 aromatic rings. The summed E-state index contributed by atoms with van der Waals surface area (Å²) in [4.78, 5) is 13.9. The lowest BCUT2D eigenvalue weighted by Gasteiger charge is -2.43. The summed E-state index contributed by atoms with van der Waals surface area (Å²) in [5, 5.41) is 3.50. The first-order chi connectivity index (χ1) is 17.0. The molecule has 10 heteroatoms. The molecule has 2 atom stereocenters. The van der Waals surface area contributed by atoms with Crippen LogP contribution in [0, 0.1) is 17.5 Å². The highest BCUT2D eigenvalue weighted by molar-refractivity contribution is 5.95. The van der Waals surface area contributed by atoms with Crippen molar-refractivity contribution < 1.29 is 17.9 Å². The summed E-state index contributed by atoms with van der Waals surface area (Å²) < 4.78 is 48.5. The molecule has 35 heavy (non-hydrogen) atoms. The summed E-state index contributed by atoms with van der Waals surface area (Å²) in [6.45, 7) is 2.68. The maximum atomic E-state index is 14.5. The highest BCUT2D eigenvalue weighted by Gasteiger charge is 2.35. The number of nitrogen functional groups attached to an aromatic ring is 1. The lowest BCUT2D eigenvalue weighted by molar-refractivity contribution is -0.00899. The minimum absolute atomic E-state index is 0.00132. The summed E-state index contributed by atoms with van der Waals surface area (Å²) in [6.07, 6.45) is 2.40. The van der Waals surface area contributed by atoms with Crippen molar-refractivity contribution in [1.82, 2.24) is 20.3 Å². The zero-order chi connectivity index (χ0) is 24.1. The average Bonchev–Trinajstić information content (AvgIpc) is 3.27. The van der Waals surface area contributed by atoms with E-state index in [1.165, 1.54) is 18.2 Å². The molecular weight excluding hydrogens is 457 g/mol. The molecule has 6 rings (SSSR count). The first-order valence-electron chi connectivity index (χ1n) is 11.5. The number of nitrogens with two attached hydrogens (primary N) is 1. The Balaban J connectivity index is 1.56. The van der Waals surface area contributed by atoms with Gasteiger partial charge in [-0.2, -0.15) is 0 Å². The standard InChI is InChI=1S/C25H23F3N6O/c26-14-3-1-2-13(8-14)16-11-31-24(29)21(25-32-19-10-15(27)9-17(28)22(19)33-25)23(16)34-6-4-18-20(12-34)35-7-5-30-18/h1-3,8-11,18,20,30H,4-7,12H2,(H2,29,31)(H,32,33). The van der Waals surface area contributed by atoms with Gasteiger partial charge in [0, 0.05) is 43.5 Å². The monoisotopic (exact) mass is 480 g/mol. The number of rotatable bonds is 3. The number of nitrogens with zero attached hydrogens (tertiary/aromatic N) is 3. The van der Waals surface area contributed by atoms with E-state index in [4.69, 9.17) is 10.5 Å². The van der Waals surface area contributed by atoms with E-state index < -0.39 is 11.6 Å². The van der Waals surface area contributed by atoms with Gasteiger partial charge in [0.15, 0.2) is 5.82 Å². The van der Waals surface area contributed by atoms with Crippen molar-refractivity contribution in [2.45, 2.75) is 18.6 Å². The molecule has 2 aliphatic rings. The molecule has 0 saturated carbocycles. The molecule has 0 bridgehead atoms. The molecule has 0 radical (unpaired) electrons. The van der Waals surface area contributed by atoms with Crippen LogP contribution in [-0.4, -0.2) is 53.3 Å². The van der Waals surface area contributed by atoms with Gasteiger partial charge < -0.3 is 25.7 Å². The number of H-pyrrole nitrogens is 1. The molecule has 7 nitrogen and oxygen atoms in total. The maximum absolute atomic E-state index is 14.5. The van der Waals surface area contributed by atoms with Crippen LogP contribution in [0.15, 0.2) is 42.6 Å². The van der Waals surface area contributed by atoms with E-state index in [1.807, 2.05) is 0 Å². The molecular formula is C25H23F3N6O. The Morgan fingerprint density at radius 3 is 2.86 bits per heavy atom. The first-order valence-corrected chi connectivity index (χ1v) is 11.5. The zero-order valence-electron chi connectivity index (χ0n) is 18.7. The molecule has 0 spiro atoms. The Morgan fingerprint density at radius 1 is 1.11 bits per heavy atom. The summed E-state index contributed by atoms with van der Waals surface area (Å²) in [5.41, 5.74) is 9.00. The lowest BCUT2D eigenvalue weighted by atomic mass is 9.95. The average molecular weight is 480 g/mol. The third-order valence-electron chi connectivity index (χ3n) is 6.67. The molecule has 2 saturated heterocycles. The Kier molecular flexibility index (Phi) is 5.34. The van der Waals surface area contributed by atoms with Crippen molar-refractivity contribution in [3.05, 3.63) is 60.0 Å². The minimum atomic E-state index is -0.778. The van der Waals surface area contributed by atoms with Gasteiger partial charge >= 0.3 is 0 Å². The fourth-order valence-corrected chi connectivity index (χ4v) is 5.08. The Bertz CT molecular complexity index is 1420. The van der Waals surface area contributed by atoms with Crippen molar-refractivity contribution >= 4 is 22.5 Å². The van der Waals surface area contributed by atoms with Crippen LogP contribution in [0.1, 0.15) is 6.42 Å². The lowest BCUT2D eigenvalue weighted by Crippen LogP contribution is -2.58. The molecule has 2 unspecified atom stereocenters. The number of morpholine rings is 1. The number of benzene rings is 2. The maximum Gasteiger partial charge on any atom is 0.153 e. The number of imidazole rings is 1. The highest BCUT2D eigenvalue weighted by Crippen LogP contribution is 2.43. The number of halogens is 3. The van der Waals surface area contributed by atoms with Gasteiger partial charge in [-0.05, 0) is 30.2 Å². The minimum Gasteiger partial charge on any atom is -0.383 e. The van der Waals surface area contributed by atoms with Crippen LogP contribution in [0.4, 0.5) is 24.7 Å². The van der Waals surface area contributed by atoms with Crippen LogP contribution >= 0.6 is 0 Å². The summed E-state index contributed by atoms with van der Waals surface area (Å²) in [7, 11) is 0. The second-order valence-corrected chi connectivity index (χ2v) is 8.86. The third kappa shape index (κ3) is 3.88. The topological polar surface area (TPSA) is 92.1 Å². The number of nitrogens with one attached hydrogen (secondary N) is 2. The van der Waals surface area contributed by atoms with Gasteiger partial charge in [-0.3, -0.25) is 0 Å². The van der Waals surface area contributed by atoms with Crippen molar-refractivity contribution in [3.63, 3.8) is 0 Å². The normalized spacial score (nSPS) is 20.3. The van der Waals surface area contributed by atoms with E-state index in [2.05, 4.69) is 25.2 Å². The number of hydrogen-bond donors (Lipinski definition) is 3. The van der Waals surface area contributed by atoms with Crippen LogP contribution in [-0.2, 0) is 4.74 Å². The fraction of sp³-hybridized carbons (Fsp3) is 0.280. The number of fused-ring (bicyclic) bond motifs is 2. The largest absolute Gasteiger partial charge is 0.383 e. The molecule has 2 fully saturated rings. The molecule has 2 aromatic carbocycles. The predicted molar refractivity (Wildman–Crippen MR) is 127 cm³/mol. The second kappa shape index (κ2) is 8.54. The highest BCUT2D eigenvalue weighted by atomic mass is 19.1. The van der Waals surface area contributed by atoms with Crippen LogP contribution in [0.3, 0.4) is 0 Å². The molecule has 4 heterocycles. The van der Waals surface area contributed by atoms with Crippen molar-refractivity contribution in [3.8, 4) is 22.5 Å². The fourth-order valence-electron chi connectivity index (χ4n) is 5.08. The Morgan fingerprint density at radius 2 is 2.00 bits per heavy atom. The van der Waals surface area contributed by atoms with E-state index in [0.717, 1.165) is 19.0 Å². The molecule has 2 aromatic heterocycles. The third-order valence-corrected chi connectivity index (χ3v) is 6.67. The molecule has 4 N–H and O–H groups in total. The predicted octanol–water partition coefficient (Wildman–Crippen LogP) is 3.86. The van der Waals surface area contributed by atoms with Crippen molar-refractivity contribution in [2.75, 3.05) is 36.9 Å². The van der Waals surface area contributed by atoms with E-state index in [1.54, 1.807) is 18.3 Å². The summed E-state index contributed by atoms with van der Waals surface area (Å²) in [6, 6.07) is 8.44. The number of aromatic nitrogens is 3. The van der Waals surface area contributed by atoms with Crippen LogP contribution in [0.5, 0.6) is 0 Å². The number of aromatic amines is 1. The SMILES string of the molecule is Nc1ncc(-c2cccc(F)c2)c(N2CCC3NCCOC3C2)c1-c1nc2c(F)cc(F)cc2[nH]1. The number of hydrogen-bond acceptors (Lipinski definition) is 6. The summed E-state index contributed by atoms with van der Waals surface area (Å²) >= 11 is 0. The van der Waals surface area contributed by atoms with Crippen LogP contribution in [0.2, 0.25) is 0 Å². The van der Waals surface area contributed by atoms with Gasteiger partial charge in [-0.1, -0.05) is 12.1 Å². The van der Waals surface area contributed by atoms with Gasteiger partial charge in [0.25, 0.3) is 0 Å². The smallest absolute Gasteiger partial charge is 0.153 e. The Labute approximate surface area is 199 Å². The van der Waals surface area contributed by atoms with Gasteiger partial charge in [0.05, 0.1) is 29.5 Å². The van der Waals surface area contributed by atoms with Gasteiger partial charge in [-0.25, -0.2) is 23.1 Å². The number of ether oxygens (including phenoxy) is 1. The van der Waals surface area contributed by atoms with Gasteiger partial charge in [-0.15, -0.1) is 0 Å². The van der Waals surface area contributed by atoms with Crippen molar-refractivity contribution in [2.24, 2.45) is 0 Å². The van der Waals surface area contributed by atoms with Crippen LogP contribution in [0.25, 0.3) is 33.5 Å². The second-order valence-electron chi connectivity index (χ2n) is 8.86. The van der Waals surface area contributed by atoms with E-state index in [9.17, 15) is 13.2 Å². The molecule has 0 aliphatic carbocycles. The quantitative estimate of drug-likeness (QED) is 0.413. The molecule has 180 valence electrons. The van der Waals surface area contributed by atoms with Gasteiger partial charge in [0.1, 0.15) is 28.8 Å². The first kappa shape index (κ1) is 21.9. The number of piperidine rings is 1. The van der Waals surface area contributed by atoms with Gasteiger partial charge in [0.2, 0.25) is 0 Å². The molecule has 2 aliphatic heterocycles. The van der Waals surface area contributed by atoms with E-state index >= 15 is 0 Å². The van der Waals surface area contributed by atoms with Crippen molar-refractivity contribution in [1.29, 1.82) is 0 Å². The van der Waals surface area contributed by atoms with Crippen LogP contribution < -0.4 is 16.0 Å². The number of anilines is 2. The van der Waals surface area contributed by atoms with E-state index in [0.29, 0.717) is 42.1 Å². The number of pyridine rings is 1. The molecule has 0 amide bonds. The van der Waals surface area contributed by atoms with E-state index in [-0.39, 0.29) is 40.6 Å². The summed E-state index contributed by atoms with van der Waals surface area (Å²) in [5.74, 6) is -1.45. The Hall–Kier alpha value is -3.63.